The van der Waals surface area contributed by atoms with Crippen LogP contribution in [-0.4, -0.2) is 42.5 Å². The standard InChI is InChI=1S/C15H18N2O3/c18-13(16-12-4-2-1-3-5-12)10-17-8-6-11-7-9-20-15(19)14(11)17/h1-5,11,14H,6-10H2,(H,16,18)/t11-,14-/m0/s1. The first-order valence-corrected chi connectivity index (χ1v) is 6.99. The van der Waals surface area contributed by atoms with E-state index in [4.69, 9.17) is 4.74 Å². The molecule has 20 heavy (non-hydrogen) atoms. The van der Waals surface area contributed by atoms with E-state index in [1.165, 1.54) is 0 Å². The fraction of sp³-hybridized carbons (Fsp3) is 0.467. The summed E-state index contributed by atoms with van der Waals surface area (Å²) in [6, 6.07) is 9.11. The zero-order chi connectivity index (χ0) is 13.9. The van der Waals surface area contributed by atoms with Crippen molar-refractivity contribution in [1.29, 1.82) is 0 Å². The third kappa shape index (κ3) is 2.67. The van der Waals surface area contributed by atoms with Gasteiger partial charge in [-0.15, -0.1) is 0 Å². The monoisotopic (exact) mass is 274 g/mol. The minimum absolute atomic E-state index is 0.0878. The molecule has 106 valence electrons. The van der Waals surface area contributed by atoms with Gasteiger partial charge in [-0.1, -0.05) is 18.2 Å². The number of amides is 1. The number of ether oxygens (including phenoxy) is 1. The molecule has 5 heteroatoms. The number of hydrogen-bond acceptors (Lipinski definition) is 4. The number of benzene rings is 1. The van der Waals surface area contributed by atoms with E-state index >= 15 is 0 Å². The summed E-state index contributed by atoms with van der Waals surface area (Å²) in [4.78, 5) is 25.8. The highest BCUT2D eigenvalue weighted by molar-refractivity contribution is 5.92. The normalized spacial score (nSPS) is 25.9. The van der Waals surface area contributed by atoms with Gasteiger partial charge in [-0.25, -0.2) is 0 Å². The van der Waals surface area contributed by atoms with Gasteiger partial charge in [-0.05, 0) is 37.4 Å². The lowest BCUT2D eigenvalue weighted by atomic mass is 9.95. The Balaban J connectivity index is 1.60. The van der Waals surface area contributed by atoms with Crippen LogP contribution in [0.2, 0.25) is 0 Å². The zero-order valence-electron chi connectivity index (χ0n) is 11.2. The molecular weight excluding hydrogens is 256 g/mol. The van der Waals surface area contributed by atoms with Crippen LogP contribution in [0.5, 0.6) is 0 Å². The van der Waals surface area contributed by atoms with Crippen molar-refractivity contribution in [2.45, 2.75) is 18.9 Å². The van der Waals surface area contributed by atoms with Crippen LogP contribution in [0, 0.1) is 5.92 Å². The number of nitrogens with zero attached hydrogens (tertiary/aromatic N) is 1. The van der Waals surface area contributed by atoms with E-state index in [-0.39, 0.29) is 24.5 Å². The molecule has 2 aliphatic heterocycles. The fourth-order valence-electron chi connectivity index (χ4n) is 3.05. The average Bonchev–Trinajstić information content (AvgIpc) is 2.84. The molecule has 2 saturated heterocycles. The summed E-state index contributed by atoms with van der Waals surface area (Å²) in [7, 11) is 0. The van der Waals surface area contributed by atoms with Gasteiger partial charge in [0.2, 0.25) is 5.91 Å². The van der Waals surface area contributed by atoms with Crippen molar-refractivity contribution in [3.63, 3.8) is 0 Å². The number of esters is 1. The number of anilines is 1. The van der Waals surface area contributed by atoms with Crippen molar-refractivity contribution >= 4 is 17.6 Å². The van der Waals surface area contributed by atoms with Gasteiger partial charge in [-0.3, -0.25) is 14.5 Å². The number of likely N-dealkylation sites (tertiary alicyclic amines) is 1. The molecule has 0 unspecified atom stereocenters. The number of carbonyl (C=O) groups is 2. The molecule has 2 fully saturated rings. The van der Waals surface area contributed by atoms with E-state index in [1.807, 2.05) is 35.2 Å². The third-order valence-electron chi connectivity index (χ3n) is 4.01. The molecule has 0 bridgehead atoms. The van der Waals surface area contributed by atoms with E-state index in [9.17, 15) is 9.59 Å². The predicted molar refractivity (Wildman–Crippen MR) is 74.1 cm³/mol. The smallest absolute Gasteiger partial charge is 0.323 e. The van der Waals surface area contributed by atoms with Gasteiger partial charge in [0, 0.05) is 5.69 Å². The summed E-state index contributed by atoms with van der Waals surface area (Å²) in [6.45, 7) is 1.54. The number of cyclic esters (lactones) is 1. The summed E-state index contributed by atoms with van der Waals surface area (Å²) in [5.74, 6) is 0.0854. The Morgan fingerprint density at radius 1 is 1.30 bits per heavy atom. The van der Waals surface area contributed by atoms with Gasteiger partial charge in [-0.2, -0.15) is 0 Å². The Hall–Kier alpha value is -1.88. The van der Waals surface area contributed by atoms with Crippen LogP contribution in [0.3, 0.4) is 0 Å². The molecule has 2 atom stereocenters. The molecule has 2 aliphatic rings. The average molecular weight is 274 g/mol. The van der Waals surface area contributed by atoms with E-state index in [1.54, 1.807) is 0 Å². The maximum atomic E-state index is 12.0. The third-order valence-corrected chi connectivity index (χ3v) is 4.01. The van der Waals surface area contributed by atoms with Crippen LogP contribution in [0.25, 0.3) is 0 Å². The van der Waals surface area contributed by atoms with Gasteiger partial charge in [0.25, 0.3) is 0 Å². The molecule has 2 heterocycles. The van der Waals surface area contributed by atoms with Gasteiger partial charge in [0.1, 0.15) is 6.04 Å². The largest absolute Gasteiger partial charge is 0.465 e. The highest BCUT2D eigenvalue weighted by Crippen LogP contribution is 2.31. The maximum absolute atomic E-state index is 12.0. The molecule has 0 spiro atoms. The SMILES string of the molecule is O=C(CN1CC[C@H]2CCOC(=O)[C@H]21)Nc1ccccc1. The Morgan fingerprint density at radius 2 is 2.10 bits per heavy atom. The van der Waals surface area contributed by atoms with Crippen molar-refractivity contribution in [3.05, 3.63) is 30.3 Å². The molecule has 1 amide bonds. The summed E-state index contributed by atoms with van der Waals surface area (Å²) in [5, 5.41) is 2.85. The van der Waals surface area contributed by atoms with Gasteiger partial charge in [0.15, 0.2) is 0 Å². The molecule has 0 radical (unpaired) electrons. The molecule has 0 aromatic heterocycles. The lowest BCUT2D eigenvalue weighted by molar-refractivity contribution is -0.155. The van der Waals surface area contributed by atoms with Gasteiger partial charge < -0.3 is 10.1 Å². The summed E-state index contributed by atoms with van der Waals surface area (Å²) >= 11 is 0. The molecule has 1 aromatic carbocycles. The summed E-state index contributed by atoms with van der Waals surface area (Å²) in [5.41, 5.74) is 0.777. The Bertz CT molecular complexity index is 503. The van der Waals surface area contributed by atoms with E-state index in [2.05, 4.69) is 5.32 Å². The highest BCUT2D eigenvalue weighted by Gasteiger charge is 2.43. The van der Waals surface area contributed by atoms with Crippen LogP contribution in [0.4, 0.5) is 5.69 Å². The van der Waals surface area contributed by atoms with Crippen molar-refractivity contribution in [2.75, 3.05) is 25.0 Å². The first-order chi connectivity index (χ1) is 9.74. The molecular formula is C15H18N2O3. The summed E-state index contributed by atoms with van der Waals surface area (Å²) < 4.78 is 5.11. The molecule has 0 aliphatic carbocycles. The molecule has 1 aromatic rings. The summed E-state index contributed by atoms with van der Waals surface area (Å²) in [6.07, 6.45) is 1.88. The number of fused-ring (bicyclic) bond motifs is 1. The topological polar surface area (TPSA) is 58.6 Å². The van der Waals surface area contributed by atoms with Crippen LogP contribution in [0.1, 0.15) is 12.8 Å². The van der Waals surface area contributed by atoms with Crippen LogP contribution >= 0.6 is 0 Å². The van der Waals surface area contributed by atoms with Crippen molar-refractivity contribution < 1.29 is 14.3 Å². The number of carbonyl (C=O) groups excluding carboxylic acids is 2. The van der Waals surface area contributed by atoms with Gasteiger partial charge >= 0.3 is 5.97 Å². The first kappa shape index (κ1) is 13.1. The second kappa shape index (κ2) is 5.63. The number of rotatable bonds is 3. The van der Waals surface area contributed by atoms with E-state index in [0.29, 0.717) is 12.5 Å². The Labute approximate surface area is 117 Å². The van der Waals surface area contributed by atoms with Crippen molar-refractivity contribution in [3.8, 4) is 0 Å². The lowest BCUT2D eigenvalue weighted by Crippen LogP contribution is -2.46. The van der Waals surface area contributed by atoms with E-state index < -0.39 is 0 Å². The predicted octanol–water partition coefficient (Wildman–Crippen LogP) is 1.26. The zero-order valence-corrected chi connectivity index (χ0v) is 11.2. The van der Waals surface area contributed by atoms with Gasteiger partial charge in [0.05, 0.1) is 13.2 Å². The fourth-order valence-corrected chi connectivity index (χ4v) is 3.05. The molecule has 3 rings (SSSR count). The second-order valence-electron chi connectivity index (χ2n) is 5.33. The maximum Gasteiger partial charge on any atom is 0.323 e. The van der Waals surface area contributed by atoms with E-state index in [0.717, 1.165) is 25.1 Å². The molecule has 0 saturated carbocycles. The van der Waals surface area contributed by atoms with Crippen LogP contribution < -0.4 is 5.32 Å². The van der Waals surface area contributed by atoms with Crippen LogP contribution in [0.15, 0.2) is 30.3 Å². The Kier molecular flexibility index (Phi) is 3.69. The van der Waals surface area contributed by atoms with Crippen molar-refractivity contribution in [2.24, 2.45) is 5.92 Å². The Morgan fingerprint density at radius 3 is 2.90 bits per heavy atom. The second-order valence-corrected chi connectivity index (χ2v) is 5.33. The molecule has 5 nitrogen and oxygen atoms in total. The number of hydrogen-bond donors (Lipinski definition) is 1. The minimum Gasteiger partial charge on any atom is -0.465 e. The van der Waals surface area contributed by atoms with Crippen molar-refractivity contribution in [1.82, 2.24) is 4.90 Å². The minimum atomic E-state index is -0.231. The first-order valence-electron chi connectivity index (χ1n) is 6.99. The quantitative estimate of drug-likeness (QED) is 0.843. The number of para-hydroxylation sites is 1. The lowest BCUT2D eigenvalue weighted by Gasteiger charge is -2.29. The number of nitrogens with one attached hydrogen (secondary N) is 1. The molecule has 1 N–H and O–H groups in total. The van der Waals surface area contributed by atoms with Crippen LogP contribution in [-0.2, 0) is 14.3 Å². The highest BCUT2D eigenvalue weighted by atomic mass is 16.5.